The number of aromatic nitrogens is 2. The molecule has 1 heterocycles. The molecule has 0 radical (unpaired) electrons. The summed E-state index contributed by atoms with van der Waals surface area (Å²) in [6.45, 7) is 2.88. The van der Waals surface area contributed by atoms with Gasteiger partial charge in [-0.2, -0.15) is 15.5 Å². The molecule has 0 aliphatic carbocycles. The van der Waals surface area contributed by atoms with Crippen LogP contribution in [-0.2, 0) is 0 Å². The minimum Gasteiger partial charge on any atom is -0.354 e. The van der Waals surface area contributed by atoms with E-state index in [2.05, 4.69) is 15.3 Å². The largest absolute Gasteiger partial charge is 0.354 e. The topological polar surface area (TPSA) is 88.6 Å². The maximum Gasteiger partial charge on any atom is 0.224 e. The molecule has 0 bridgehead atoms. The van der Waals surface area contributed by atoms with Gasteiger partial charge in [-0.3, -0.25) is 0 Å². The second kappa shape index (κ2) is 7.31. The molecule has 0 fully saturated rings. The number of halogens is 1. The van der Waals surface area contributed by atoms with Gasteiger partial charge in [0.05, 0.1) is 18.3 Å². The smallest absolute Gasteiger partial charge is 0.224 e. The summed E-state index contributed by atoms with van der Waals surface area (Å²) in [6.07, 6.45) is 2.41. The molecule has 7 heteroatoms. The van der Waals surface area contributed by atoms with Crippen molar-refractivity contribution in [1.82, 2.24) is 9.97 Å². The van der Waals surface area contributed by atoms with Crippen LogP contribution in [-0.4, -0.2) is 29.6 Å². The Morgan fingerprint density at radius 1 is 1.39 bits per heavy atom. The fourth-order valence-electron chi connectivity index (χ4n) is 1.28. The highest BCUT2D eigenvalue weighted by molar-refractivity contribution is 6.32. The Kier molecular flexibility index (Phi) is 5.69. The van der Waals surface area contributed by atoms with Gasteiger partial charge in [0.1, 0.15) is 18.1 Å². The van der Waals surface area contributed by atoms with Crippen LogP contribution in [0.25, 0.3) is 0 Å². The highest BCUT2D eigenvalue weighted by atomic mass is 35.5. The Bertz CT molecular complexity index is 459. The number of nitrogens with one attached hydrogen (secondary N) is 1. The van der Waals surface area contributed by atoms with Crippen LogP contribution in [0.5, 0.6) is 0 Å². The first-order valence-electron chi connectivity index (χ1n) is 5.48. The summed E-state index contributed by atoms with van der Waals surface area (Å²) in [5, 5.41) is 20.8. The predicted molar refractivity (Wildman–Crippen MR) is 69.3 cm³/mol. The lowest BCUT2D eigenvalue weighted by Gasteiger charge is -2.18. The minimum absolute atomic E-state index is 0.0531. The van der Waals surface area contributed by atoms with Gasteiger partial charge in [-0.1, -0.05) is 18.5 Å². The fourth-order valence-corrected chi connectivity index (χ4v) is 1.49. The van der Waals surface area contributed by atoms with Gasteiger partial charge in [-0.25, -0.2) is 4.98 Å². The average molecular weight is 265 g/mol. The molecule has 0 unspecified atom stereocenters. The van der Waals surface area contributed by atoms with Gasteiger partial charge in [0.25, 0.3) is 0 Å². The SMILES string of the molecule is CCCNc1ncc(Cl)c(N(CC#N)CC#N)n1. The van der Waals surface area contributed by atoms with Gasteiger partial charge in [-0.15, -0.1) is 0 Å². The molecule has 6 nitrogen and oxygen atoms in total. The molecule has 18 heavy (non-hydrogen) atoms. The van der Waals surface area contributed by atoms with E-state index in [1.54, 1.807) is 0 Å². The average Bonchev–Trinajstić information content (AvgIpc) is 2.37. The van der Waals surface area contributed by atoms with Crippen LogP contribution in [0.4, 0.5) is 11.8 Å². The van der Waals surface area contributed by atoms with Gasteiger partial charge in [-0.05, 0) is 6.42 Å². The quantitative estimate of drug-likeness (QED) is 0.788. The molecule has 0 saturated carbocycles. The van der Waals surface area contributed by atoms with E-state index >= 15 is 0 Å². The second-order valence-electron chi connectivity index (χ2n) is 3.46. The molecule has 0 atom stereocenters. The lowest BCUT2D eigenvalue weighted by Crippen LogP contribution is -2.25. The van der Waals surface area contributed by atoms with Crippen molar-refractivity contribution in [2.75, 3.05) is 29.9 Å². The van der Waals surface area contributed by atoms with E-state index in [0.717, 1.165) is 13.0 Å². The first-order valence-corrected chi connectivity index (χ1v) is 5.86. The van der Waals surface area contributed by atoms with Gasteiger partial charge >= 0.3 is 0 Å². The Morgan fingerprint density at radius 3 is 2.61 bits per heavy atom. The molecule has 1 aromatic rings. The lowest BCUT2D eigenvalue weighted by atomic mass is 10.4. The van der Waals surface area contributed by atoms with Crippen LogP contribution in [0.1, 0.15) is 13.3 Å². The standard InChI is InChI=1S/C11H13ClN6/c1-2-5-15-11-16-8-9(12)10(17-11)18(6-3-13)7-4-14/h8H,2,5-7H2,1H3,(H,15,16,17). The molecule has 94 valence electrons. The van der Waals surface area contributed by atoms with Crippen molar-refractivity contribution in [3.05, 3.63) is 11.2 Å². The van der Waals surface area contributed by atoms with E-state index in [9.17, 15) is 0 Å². The van der Waals surface area contributed by atoms with E-state index in [4.69, 9.17) is 22.1 Å². The zero-order valence-corrected chi connectivity index (χ0v) is 10.8. The minimum atomic E-state index is 0.0531. The van der Waals surface area contributed by atoms with Gasteiger partial charge in [0.2, 0.25) is 5.95 Å². The summed E-state index contributed by atoms with van der Waals surface area (Å²) in [7, 11) is 0. The highest BCUT2D eigenvalue weighted by Gasteiger charge is 2.13. The summed E-state index contributed by atoms with van der Waals surface area (Å²) in [4.78, 5) is 9.75. The van der Waals surface area contributed by atoms with Gasteiger partial charge in [0.15, 0.2) is 5.82 Å². The number of rotatable bonds is 6. The number of anilines is 2. The maximum atomic E-state index is 8.72. The first kappa shape index (κ1) is 14.0. The molecule has 0 aromatic carbocycles. The van der Waals surface area contributed by atoms with Crippen molar-refractivity contribution in [2.45, 2.75) is 13.3 Å². The third kappa shape index (κ3) is 3.76. The Labute approximate surface area is 111 Å². The van der Waals surface area contributed by atoms with Crippen LogP contribution >= 0.6 is 11.6 Å². The fraction of sp³-hybridized carbons (Fsp3) is 0.455. The molecule has 0 saturated heterocycles. The van der Waals surface area contributed by atoms with Crippen molar-refractivity contribution < 1.29 is 0 Å². The number of hydrogen-bond acceptors (Lipinski definition) is 6. The monoisotopic (exact) mass is 264 g/mol. The molecule has 0 aliphatic rings. The third-order valence-corrected chi connectivity index (χ3v) is 2.35. The van der Waals surface area contributed by atoms with E-state index in [1.807, 2.05) is 19.1 Å². The van der Waals surface area contributed by atoms with Crippen molar-refractivity contribution in [1.29, 1.82) is 10.5 Å². The normalized spacial score (nSPS) is 9.33. The van der Waals surface area contributed by atoms with Gasteiger partial charge < -0.3 is 10.2 Å². The van der Waals surface area contributed by atoms with E-state index in [0.29, 0.717) is 16.8 Å². The second-order valence-corrected chi connectivity index (χ2v) is 3.87. The van der Waals surface area contributed by atoms with Crippen LogP contribution in [0.15, 0.2) is 6.20 Å². The third-order valence-electron chi connectivity index (χ3n) is 2.08. The first-order chi connectivity index (χ1) is 8.72. The Balaban J connectivity index is 2.97. The van der Waals surface area contributed by atoms with Crippen molar-refractivity contribution in [2.24, 2.45) is 0 Å². The zero-order valence-electron chi connectivity index (χ0n) is 10.0. The van der Waals surface area contributed by atoms with Crippen molar-refractivity contribution in [3.8, 4) is 12.1 Å². The molecule has 1 rings (SSSR count). The van der Waals surface area contributed by atoms with Crippen molar-refractivity contribution in [3.63, 3.8) is 0 Å². The number of nitrogens with zero attached hydrogens (tertiary/aromatic N) is 5. The van der Waals surface area contributed by atoms with E-state index in [1.165, 1.54) is 11.1 Å². The molecular formula is C11H13ClN6. The van der Waals surface area contributed by atoms with Crippen LogP contribution in [0, 0.1) is 22.7 Å². The number of hydrogen-bond donors (Lipinski definition) is 1. The Hall–Kier alpha value is -2.05. The Morgan fingerprint density at radius 2 is 2.06 bits per heavy atom. The molecule has 0 aliphatic heterocycles. The van der Waals surface area contributed by atoms with Crippen LogP contribution in [0.3, 0.4) is 0 Å². The van der Waals surface area contributed by atoms with Gasteiger partial charge in [0, 0.05) is 6.54 Å². The highest BCUT2D eigenvalue weighted by Crippen LogP contribution is 2.23. The maximum absolute atomic E-state index is 8.72. The molecule has 1 aromatic heterocycles. The summed E-state index contributed by atoms with van der Waals surface area (Å²) in [6, 6.07) is 3.95. The molecule has 1 N–H and O–H groups in total. The molecular weight excluding hydrogens is 252 g/mol. The van der Waals surface area contributed by atoms with E-state index in [-0.39, 0.29) is 13.1 Å². The summed E-state index contributed by atoms with van der Waals surface area (Å²) < 4.78 is 0. The van der Waals surface area contributed by atoms with E-state index < -0.39 is 0 Å². The lowest BCUT2D eigenvalue weighted by molar-refractivity contribution is 0.910. The summed E-state index contributed by atoms with van der Waals surface area (Å²) >= 11 is 5.98. The molecule has 0 spiro atoms. The predicted octanol–water partition coefficient (Wildman–Crippen LogP) is 1.81. The van der Waals surface area contributed by atoms with Crippen LogP contribution in [0.2, 0.25) is 5.02 Å². The van der Waals surface area contributed by atoms with Crippen LogP contribution < -0.4 is 10.2 Å². The van der Waals surface area contributed by atoms with Crippen molar-refractivity contribution >= 4 is 23.4 Å². The molecule has 0 amide bonds. The summed E-state index contributed by atoms with van der Waals surface area (Å²) in [5.41, 5.74) is 0. The summed E-state index contributed by atoms with van der Waals surface area (Å²) in [5.74, 6) is 0.838. The zero-order chi connectivity index (χ0) is 13.4. The number of nitriles is 2.